The van der Waals surface area contributed by atoms with E-state index in [0.29, 0.717) is 17.0 Å². The van der Waals surface area contributed by atoms with Gasteiger partial charge in [-0.3, -0.25) is 4.98 Å². The Morgan fingerprint density at radius 3 is 3.09 bits per heavy atom. The first-order chi connectivity index (χ1) is 10.7. The molecule has 2 N–H and O–H groups in total. The minimum Gasteiger partial charge on any atom is -0.497 e. The van der Waals surface area contributed by atoms with Crippen LogP contribution in [0.25, 0.3) is 11.2 Å². The Hall–Kier alpha value is -3.16. The lowest BCUT2D eigenvalue weighted by molar-refractivity contribution is 0.415. The average Bonchev–Trinajstić information content (AvgIpc) is 3.00. The summed E-state index contributed by atoms with van der Waals surface area (Å²) in [6.07, 6.45) is 3.15. The van der Waals surface area contributed by atoms with E-state index >= 15 is 0 Å². The highest BCUT2D eigenvalue weighted by Crippen LogP contribution is 2.17. The Balaban J connectivity index is 1.92. The van der Waals surface area contributed by atoms with Gasteiger partial charge in [0.1, 0.15) is 16.9 Å². The number of aromatic amines is 2. The third kappa shape index (κ3) is 2.66. The number of aromatic nitrogens is 4. The molecule has 1 aromatic carbocycles. The van der Waals surface area contributed by atoms with Gasteiger partial charge in [-0.25, -0.2) is 14.8 Å². The zero-order valence-electron chi connectivity index (χ0n) is 12.1. The molecule has 8 nitrogen and oxygen atoms in total. The van der Waals surface area contributed by atoms with E-state index in [2.05, 4.69) is 25.0 Å². The van der Waals surface area contributed by atoms with Crippen molar-refractivity contribution < 1.29 is 4.74 Å². The van der Waals surface area contributed by atoms with Gasteiger partial charge in [0, 0.05) is 7.05 Å². The lowest BCUT2D eigenvalue weighted by Gasteiger charge is -2.11. The van der Waals surface area contributed by atoms with Crippen LogP contribution in [0.15, 0.2) is 40.5 Å². The largest absolute Gasteiger partial charge is 0.497 e. The second-order valence-electron chi connectivity index (χ2n) is 4.54. The van der Waals surface area contributed by atoms with E-state index < -0.39 is 5.69 Å². The maximum atomic E-state index is 11.6. The van der Waals surface area contributed by atoms with Gasteiger partial charge in [-0.05, 0) is 17.7 Å². The van der Waals surface area contributed by atoms with Gasteiger partial charge in [0.05, 0.1) is 19.7 Å². The van der Waals surface area contributed by atoms with Crippen LogP contribution >= 0.6 is 0 Å². The van der Waals surface area contributed by atoms with Crippen LogP contribution in [0.2, 0.25) is 0 Å². The Kier molecular flexibility index (Phi) is 3.57. The number of hydrogen-bond donors (Lipinski definition) is 2. The molecule has 22 heavy (non-hydrogen) atoms. The predicted octanol–water partition coefficient (Wildman–Crippen LogP) is 1.13. The van der Waals surface area contributed by atoms with Crippen LogP contribution in [0.5, 0.6) is 5.75 Å². The van der Waals surface area contributed by atoms with Crippen molar-refractivity contribution in [2.24, 2.45) is 5.10 Å². The molecule has 8 heteroatoms. The molecule has 0 saturated carbocycles. The summed E-state index contributed by atoms with van der Waals surface area (Å²) >= 11 is 0. The predicted molar refractivity (Wildman–Crippen MR) is 83.5 cm³/mol. The molecule has 0 aliphatic carbocycles. The minimum absolute atomic E-state index is 0.374. The number of nitrogens with zero attached hydrogens (tertiary/aromatic N) is 4. The van der Waals surface area contributed by atoms with Gasteiger partial charge >= 0.3 is 5.69 Å². The molecule has 0 fully saturated rings. The first-order valence-corrected chi connectivity index (χ1v) is 6.52. The number of fused-ring (bicyclic) bond motifs is 1. The average molecular weight is 298 g/mol. The molecule has 0 radical (unpaired) electrons. The zero-order valence-corrected chi connectivity index (χ0v) is 12.1. The molecular formula is C14H14N6O2. The summed E-state index contributed by atoms with van der Waals surface area (Å²) in [6.45, 7) is 0. The number of benzene rings is 1. The highest BCUT2D eigenvalue weighted by atomic mass is 16.5. The Bertz CT molecular complexity index is 882. The van der Waals surface area contributed by atoms with Crippen molar-refractivity contribution in [3.8, 4) is 5.75 Å². The molecular weight excluding hydrogens is 284 g/mol. The van der Waals surface area contributed by atoms with Crippen LogP contribution in [0.3, 0.4) is 0 Å². The zero-order chi connectivity index (χ0) is 15.5. The van der Waals surface area contributed by atoms with Crippen LogP contribution < -0.4 is 15.4 Å². The monoisotopic (exact) mass is 298 g/mol. The van der Waals surface area contributed by atoms with Crippen LogP contribution in [0.4, 0.5) is 5.82 Å². The van der Waals surface area contributed by atoms with E-state index in [-0.39, 0.29) is 0 Å². The second kappa shape index (κ2) is 5.68. The molecule has 0 unspecified atom stereocenters. The fourth-order valence-electron chi connectivity index (χ4n) is 2.00. The number of hydrazone groups is 1. The second-order valence-corrected chi connectivity index (χ2v) is 4.54. The van der Waals surface area contributed by atoms with Crippen LogP contribution in [0, 0.1) is 0 Å². The fraction of sp³-hybridized carbons (Fsp3) is 0.143. The Morgan fingerprint density at radius 2 is 2.27 bits per heavy atom. The lowest BCUT2D eigenvalue weighted by atomic mass is 10.2. The molecule has 3 aromatic rings. The minimum atomic E-state index is -0.463. The maximum Gasteiger partial charge on any atom is 0.348 e. The van der Waals surface area contributed by atoms with Crippen molar-refractivity contribution in [1.29, 1.82) is 0 Å². The number of methoxy groups -OCH3 is 1. The standard InChI is InChI=1S/C14H14N6O2/c1-20(17-7-9-4-3-5-10(6-9)22-2)13-11-12(16-8-15-11)18-14(21)19-13/h3-8H,1-2H3,(H2,15,16,18,19,21). The molecule has 2 heterocycles. The van der Waals surface area contributed by atoms with E-state index in [1.165, 1.54) is 11.3 Å². The highest BCUT2D eigenvalue weighted by Gasteiger charge is 2.11. The van der Waals surface area contributed by atoms with Gasteiger partial charge in [0.25, 0.3) is 0 Å². The summed E-state index contributed by atoms with van der Waals surface area (Å²) in [5.41, 5.74) is 1.47. The number of anilines is 1. The number of imidazole rings is 1. The van der Waals surface area contributed by atoms with Crippen molar-refractivity contribution in [3.63, 3.8) is 0 Å². The Morgan fingerprint density at radius 1 is 1.41 bits per heavy atom. The molecule has 0 aliphatic heterocycles. The normalized spacial score (nSPS) is 11.2. The fourth-order valence-corrected chi connectivity index (χ4v) is 2.00. The quantitative estimate of drug-likeness (QED) is 0.555. The number of nitrogens with one attached hydrogen (secondary N) is 2. The lowest BCUT2D eigenvalue weighted by Crippen LogP contribution is -2.18. The number of ether oxygens (including phenoxy) is 1. The van der Waals surface area contributed by atoms with Gasteiger partial charge in [0.2, 0.25) is 0 Å². The summed E-state index contributed by atoms with van der Waals surface area (Å²) in [4.78, 5) is 25.0. The smallest absolute Gasteiger partial charge is 0.348 e. The van der Waals surface area contributed by atoms with Gasteiger partial charge in [-0.15, -0.1) is 0 Å². The molecule has 0 spiro atoms. The number of H-pyrrole nitrogens is 2. The Labute approximate surface area is 125 Å². The van der Waals surface area contributed by atoms with Crippen LogP contribution in [-0.2, 0) is 0 Å². The topological polar surface area (TPSA) is 99.3 Å². The summed E-state index contributed by atoms with van der Waals surface area (Å²) in [5, 5.41) is 5.79. The molecule has 0 atom stereocenters. The van der Waals surface area contributed by atoms with E-state index in [0.717, 1.165) is 11.3 Å². The van der Waals surface area contributed by atoms with Gasteiger partial charge in [-0.1, -0.05) is 12.1 Å². The van der Waals surface area contributed by atoms with Crippen molar-refractivity contribution in [2.75, 3.05) is 19.2 Å². The molecule has 0 aliphatic rings. The SMILES string of the molecule is COc1cccc(C=NN(C)c2nc(=O)[nH]c3[nH]cnc23)c1. The first kappa shape index (κ1) is 13.8. The summed E-state index contributed by atoms with van der Waals surface area (Å²) < 4.78 is 5.16. The molecule has 0 bridgehead atoms. The van der Waals surface area contributed by atoms with Crippen molar-refractivity contribution >= 4 is 23.2 Å². The van der Waals surface area contributed by atoms with E-state index in [9.17, 15) is 4.79 Å². The molecule has 2 aromatic heterocycles. The van der Waals surface area contributed by atoms with Crippen molar-refractivity contribution in [2.45, 2.75) is 0 Å². The van der Waals surface area contributed by atoms with Crippen LogP contribution in [0.1, 0.15) is 5.56 Å². The summed E-state index contributed by atoms with van der Waals surface area (Å²) in [5.74, 6) is 1.12. The van der Waals surface area contributed by atoms with E-state index in [1.54, 1.807) is 20.4 Å². The van der Waals surface area contributed by atoms with Gasteiger partial charge < -0.3 is 9.72 Å². The highest BCUT2D eigenvalue weighted by molar-refractivity contribution is 5.85. The van der Waals surface area contributed by atoms with Gasteiger partial charge in [-0.2, -0.15) is 10.1 Å². The van der Waals surface area contributed by atoms with Gasteiger partial charge in [0.15, 0.2) is 5.82 Å². The summed E-state index contributed by atoms with van der Waals surface area (Å²) in [7, 11) is 3.31. The maximum absolute atomic E-state index is 11.6. The first-order valence-electron chi connectivity index (χ1n) is 6.52. The van der Waals surface area contributed by atoms with Crippen molar-refractivity contribution in [1.82, 2.24) is 19.9 Å². The number of hydrogen-bond acceptors (Lipinski definition) is 6. The van der Waals surface area contributed by atoms with Crippen LogP contribution in [-0.4, -0.2) is 40.3 Å². The molecule has 0 amide bonds. The third-order valence-electron chi connectivity index (χ3n) is 3.07. The molecule has 3 rings (SSSR count). The third-order valence-corrected chi connectivity index (χ3v) is 3.07. The molecule has 112 valence electrons. The van der Waals surface area contributed by atoms with Crippen molar-refractivity contribution in [3.05, 3.63) is 46.6 Å². The number of rotatable bonds is 4. The van der Waals surface area contributed by atoms with E-state index in [1.807, 2.05) is 24.3 Å². The molecule has 0 saturated heterocycles. The summed E-state index contributed by atoms with van der Waals surface area (Å²) in [6, 6.07) is 7.48. The van der Waals surface area contributed by atoms with E-state index in [4.69, 9.17) is 4.74 Å².